The van der Waals surface area contributed by atoms with E-state index >= 15 is 0 Å². The molecular formula is H4BHfNbSiTiZr. The molecule has 0 aromatic rings. The summed E-state index contributed by atoms with van der Waals surface area (Å²) in [6, 6.07) is 0. The fourth-order valence-corrected chi connectivity index (χ4v) is 0. The first-order chi connectivity index (χ1) is 0. The van der Waals surface area contributed by atoms with Crippen molar-refractivity contribution < 1.29 is 96.1 Å². The average molecular weight is 453 g/mol. The molecule has 0 aromatic heterocycles. The van der Waals surface area contributed by atoms with Crippen LogP contribution in [-0.4, -0.2) is 19.4 Å². The number of rotatable bonds is 0. The monoisotopic (exact) mass is 454 g/mol. The van der Waals surface area contributed by atoms with Crippen LogP contribution in [0.1, 0.15) is 0 Å². The first-order valence-electron chi connectivity index (χ1n) is 0. The molecule has 6 heteroatoms. The van der Waals surface area contributed by atoms with E-state index in [0.29, 0.717) is 0 Å². The minimum Gasteiger partial charge on any atom is -0.0149 e. The second-order valence-corrected chi connectivity index (χ2v) is 0. The van der Waals surface area contributed by atoms with Crippen LogP contribution in [0.25, 0.3) is 0 Å². The Morgan fingerprint density at radius 3 is 1.00 bits per heavy atom. The Bertz CT molecular complexity index is 15.5. The van der Waals surface area contributed by atoms with Gasteiger partial charge in [-0.2, -0.15) is 0 Å². The Morgan fingerprint density at radius 1 is 1.00 bits per heavy atom. The van der Waals surface area contributed by atoms with Crippen LogP contribution in [0, 0.1) is 0 Å². The van der Waals surface area contributed by atoms with Crippen molar-refractivity contribution in [1.29, 1.82) is 0 Å². The van der Waals surface area contributed by atoms with E-state index < -0.39 is 0 Å². The molecule has 0 spiro atoms. The summed E-state index contributed by atoms with van der Waals surface area (Å²) in [5.41, 5.74) is 0. The van der Waals surface area contributed by atoms with E-state index in [-0.39, 0.29) is 116 Å². The van der Waals surface area contributed by atoms with E-state index in [4.69, 9.17) is 0 Å². The molecule has 0 saturated heterocycles. The molecule has 0 heterocycles. The van der Waals surface area contributed by atoms with Gasteiger partial charge in [-0.15, -0.1) is 0 Å². The van der Waals surface area contributed by atoms with Crippen molar-refractivity contribution in [3.63, 3.8) is 0 Å². The largest absolute Gasteiger partial charge is 0.0149 e. The molecule has 0 bridgehead atoms. The Hall–Kier alpha value is 3.49. The molecule has 0 N–H and O–H groups in total. The normalized spacial score (nSPS) is 0. The fourth-order valence-electron chi connectivity index (χ4n) is 0. The van der Waals surface area contributed by atoms with Crippen molar-refractivity contribution in [3.05, 3.63) is 0 Å². The van der Waals surface area contributed by atoms with Crippen LogP contribution < -0.4 is 0 Å². The zero-order valence-electron chi connectivity index (χ0n) is 2.52. The topological polar surface area (TPSA) is 0 Å². The smallest absolute Gasteiger partial charge is 0 e. The van der Waals surface area contributed by atoms with E-state index in [2.05, 4.69) is 0 Å². The minimum absolute atomic E-state index is 0. The SMILES string of the molecule is [B].[Hf].[Nb].[SiH4].[Ti].[Zr]. The first kappa shape index (κ1) is 56.2. The quantitative estimate of drug-likeness (QED) is 0.379. The Labute approximate surface area is 113 Å². The maximum absolute atomic E-state index is 0. The maximum atomic E-state index is 0. The van der Waals surface area contributed by atoms with E-state index in [1.807, 2.05) is 0 Å². The van der Waals surface area contributed by atoms with E-state index in [0.717, 1.165) is 0 Å². The molecule has 0 fully saturated rings. The summed E-state index contributed by atoms with van der Waals surface area (Å²) in [7, 11) is 0. The van der Waals surface area contributed by atoms with Crippen molar-refractivity contribution in [2.24, 2.45) is 0 Å². The van der Waals surface area contributed by atoms with Gasteiger partial charge in [0, 0.05) is 105 Å². The molecule has 0 aliphatic carbocycles. The fraction of sp³-hybridized carbons (Fsp3) is 0. The predicted octanol–water partition coefficient (Wildman–Crippen LogP) is -1.84. The van der Waals surface area contributed by atoms with Crippen LogP contribution in [0.4, 0.5) is 0 Å². The molecule has 0 nitrogen and oxygen atoms in total. The van der Waals surface area contributed by atoms with Gasteiger partial charge in [-0.3, -0.25) is 0 Å². The molecule has 0 saturated carbocycles. The molecule has 28 valence electrons. The molecule has 0 amide bonds. The van der Waals surface area contributed by atoms with Crippen molar-refractivity contribution in [1.82, 2.24) is 0 Å². The van der Waals surface area contributed by atoms with Crippen LogP contribution in [0.3, 0.4) is 0 Å². The third kappa shape index (κ3) is 25.9. The second-order valence-electron chi connectivity index (χ2n) is 0. The van der Waals surface area contributed by atoms with Crippen molar-refractivity contribution in [2.75, 3.05) is 0 Å². The van der Waals surface area contributed by atoms with Gasteiger partial charge in [-0.05, 0) is 11.0 Å². The summed E-state index contributed by atoms with van der Waals surface area (Å²) in [6.07, 6.45) is 0. The Balaban J connectivity index is 0. The van der Waals surface area contributed by atoms with Gasteiger partial charge < -0.3 is 0 Å². The van der Waals surface area contributed by atoms with Gasteiger partial charge in [-0.1, -0.05) is 0 Å². The molecule has 0 atom stereocenters. The molecule has 0 rings (SSSR count). The van der Waals surface area contributed by atoms with Gasteiger partial charge in [0.25, 0.3) is 0 Å². The van der Waals surface area contributed by atoms with Gasteiger partial charge in [0.05, 0.1) is 0 Å². The molecule has 0 unspecified atom stereocenters. The van der Waals surface area contributed by atoms with Crippen LogP contribution in [-0.2, 0) is 96.1 Å². The third-order valence-corrected chi connectivity index (χ3v) is 0. The van der Waals surface area contributed by atoms with Gasteiger partial charge in [0.2, 0.25) is 0 Å². The summed E-state index contributed by atoms with van der Waals surface area (Å²) in [4.78, 5) is 0. The third-order valence-electron chi connectivity index (χ3n) is 0. The second kappa shape index (κ2) is 39.1. The van der Waals surface area contributed by atoms with Crippen molar-refractivity contribution in [3.8, 4) is 0 Å². The van der Waals surface area contributed by atoms with Crippen molar-refractivity contribution >= 4 is 19.4 Å². The van der Waals surface area contributed by atoms with E-state index in [1.165, 1.54) is 0 Å². The first-order valence-corrected chi connectivity index (χ1v) is 0. The predicted molar refractivity (Wildman–Crippen MR) is 17.1 cm³/mol. The van der Waals surface area contributed by atoms with Crippen LogP contribution in [0.5, 0.6) is 0 Å². The van der Waals surface area contributed by atoms with Gasteiger partial charge in [0.1, 0.15) is 0 Å². The van der Waals surface area contributed by atoms with E-state index in [9.17, 15) is 0 Å². The minimum atomic E-state index is 0. The van der Waals surface area contributed by atoms with Gasteiger partial charge in [-0.25, -0.2) is 0 Å². The molecule has 0 aliphatic heterocycles. The van der Waals surface area contributed by atoms with Gasteiger partial charge >= 0.3 is 0 Å². The Kier molecular flexibility index (Phi) is 366. The summed E-state index contributed by atoms with van der Waals surface area (Å²) < 4.78 is 0. The summed E-state index contributed by atoms with van der Waals surface area (Å²) in [5.74, 6) is 0. The molecule has 0 aliphatic rings. The standard InChI is InChI=1S/B.Hf.Nb.H4Si.Ti.Zr/h;;;1H4;;. The van der Waals surface area contributed by atoms with Crippen molar-refractivity contribution in [2.45, 2.75) is 0 Å². The van der Waals surface area contributed by atoms with Crippen LogP contribution in [0.15, 0.2) is 0 Å². The average Bonchev–Trinajstić information content (AvgIpc) is 0. The zero-order valence-corrected chi connectivity index (χ0v) is 12.3. The number of hydrogen-bond acceptors (Lipinski definition) is 0. The Morgan fingerprint density at radius 2 is 1.00 bits per heavy atom. The zero-order chi connectivity index (χ0) is 0. The molecule has 6 heavy (non-hydrogen) atoms. The maximum Gasteiger partial charge on any atom is 0 e. The molecule has 4 radical (unpaired) electrons. The summed E-state index contributed by atoms with van der Waals surface area (Å²) in [6.45, 7) is 0. The van der Waals surface area contributed by atoms with Crippen LogP contribution >= 0.6 is 0 Å². The van der Waals surface area contributed by atoms with Crippen LogP contribution in [0.2, 0.25) is 0 Å². The summed E-state index contributed by atoms with van der Waals surface area (Å²) in [5, 5.41) is 0. The summed E-state index contributed by atoms with van der Waals surface area (Å²) >= 11 is 0. The van der Waals surface area contributed by atoms with E-state index in [1.54, 1.807) is 0 Å². The molecule has 0 aromatic carbocycles. The molecular weight excluding hydrogens is 449 g/mol. The number of hydrogen-bond donors (Lipinski definition) is 0. The van der Waals surface area contributed by atoms with Gasteiger partial charge in [0.15, 0.2) is 0 Å².